The first kappa shape index (κ1) is 40.0. The third-order valence-electron chi connectivity index (χ3n) is 8.90. The van der Waals surface area contributed by atoms with Crippen molar-refractivity contribution >= 4 is 11.7 Å². The van der Waals surface area contributed by atoms with Crippen LogP contribution in [0.2, 0.25) is 0 Å². The highest BCUT2D eigenvalue weighted by molar-refractivity contribution is 5.99. The number of ketones is 1. The Bertz CT molecular complexity index is 691. The van der Waals surface area contributed by atoms with Crippen LogP contribution in [-0.2, 0) is 19.1 Å². The van der Waals surface area contributed by atoms with E-state index >= 15 is 0 Å². The van der Waals surface area contributed by atoms with Crippen molar-refractivity contribution in [1.82, 2.24) is 5.32 Å². The Kier molecular flexibility index (Phi) is 24.3. The van der Waals surface area contributed by atoms with Crippen molar-refractivity contribution in [3.63, 3.8) is 0 Å². The van der Waals surface area contributed by atoms with E-state index in [0.29, 0.717) is 6.42 Å². The van der Waals surface area contributed by atoms with Gasteiger partial charge in [0.15, 0.2) is 6.29 Å². The molecule has 1 fully saturated rings. The summed E-state index contributed by atoms with van der Waals surface area (Å²) in [7, 11) is 0. The number of nitrogens with one attached hydrogen (secondary N) is 1. The van der Waals surface area contributed by atoms with Gasteiger partial charge in [0.25, 0.3) is 0 Å². The van der Waals surface area contributed by atoms with E-state index < -0.39 is 42.5 Å². The normalized spacial score (nSPS) is 21.9. The summed E-state index contributed by atoms with van der Waals surface area (Å²) in [5, 5.41) is 31.8. The Morgan fingerprint density at radius 1 is 0.791 bits per heavy atom. The minimum Gasteiger partial charge on any atom is -0.395 e. The van der Waals surface area contributed by atoms with Gasteiger partial charge in [-0.3, -0.25) is 9.59 Å². The van der Waals surface area contributed by atoms with Crippen molar-refractivity contribution < 1.29 is 34.4 Å². The number of carbonyl (C=O) groups excluding carboxylic acids is 2. The molecule has 6 atom stereocenters. The van der Waals surface area contributed by atoms with Crippen LogP contribution in [0.3, 0.4) is 0 Å². The van der Waals surface area contributed by atoms with Gasteiger partial charge in [-0.15, -0.1) is 0 Å². The fourth-order valence-electron chi connectivity index (χ4n) is 6.02. The molecule has 0 saturated carbocycles. The number of amides is 1. The SMILES string of the molecule is CCCCCCCCCCCCCCCCCCCCCC(C(=O)CC(=O)NCCO)[C@@H](C)O[C@@H]1OC(C)[C@H](O)CC1O. The molecular weight excluding hydrogens is 546 g/mol. The number of hydrogen-bond acceptors (Lipinski definition) is 7. The van der Waals surface area contributed by atoms with Crippen LogP contribution in [0, 0.1) is 5.92 Å². The summed E-state index contributed by atoms with van der Waals surface area (Å²) in [5.74, 6) is -1.11. The van der Waals surface area contributed by atoms with Crippen molar-refractivity contribution in [2.45, 2.75) is 193 Å². The van der Waals surface area contributed by atoms with Crippen molar-refractivity contribution in [1.29, 1.82) is 0 Å². The van der Waals surface area contributed by atoms with Crippen LogP contribution in [0.15, 0.2) is 0 Å². The number of hydrogen-bond donors (Lipinski definition) is 4. The molecule has 1 heterocycles. The predicted octanol–water partition coefficient (Wildman–Crippen LogP) is 6.75. The summed E-state index contributed by atoms with van der Waals surface area (Å²) < 4.78 is 11.6. The fraction of sp³-hybridized carbons (Fsp3) is 0.943. The van der Waals surface area contributed by atoms with Crippen LogP contribution in [0.1, 0.15) is 162 Å². The van der Waals surface area contributed by atoms with E-state index in [0.717, 1.165) is 19.3 Å². The van der Waals surface area contributed by atoms with Crippen molar-refractivity contribution in [2.24, 2.45) is 5.92 Å². The predicted molar refractivity (Wildman–Crippen MR) is 173 cm³/mol. The zero-order valence-corrected chi connectivity index (χ0v) is 27.9. The summed E-state index contributed by atoms with van der Waals surface area (Å²) in [6, 6.07) is 0. The van der Waals surface area contributed by atoms with E-state index in [1.165, 1.54) is 103 Å². The number of Topliss-reactive ketones (excluding diaryl/α,β-unsaturated/α-hetero) is 1. The zero-order valence-electron chi connectivity index (χ0n) is 27.9. The maximum atomic E-state index is 13.1. The number of aliphatic hydroxyl groups is 3. The third-order valence-corrected chi connectivity index (χ3v) is 8.90. The molecule has 0 aliphatic carbocycles. The first-order valence-corrected chi connectivity index (χ1v) is 17.9. The molecule has 0 aromatic heterocycles. The molecule has 0 spiro atoms. The Morgan fingerprint density at radius 3 is 1.72 bits per heavy atom. The monoisotopic (exact) mass is 613 g/mol. The number of unbranched alkanes of at least 4 members (excludes halogenated alkanes) is 18. The van der Waals surface area contributed by atoms with E-state index in [9.17, 15) is 19.8 Å². The second-order valence-corrected chi connectivity index (χ2v) is 12.9. The van der Waals surface area contributed by atoms with Gasteiger partial charge >= 0.3 is 0 Å². The molecule has 0 radical (unpaired) electrons. The lowest BCUT2D eigenvalue weighted by molar-refractivity contribution is -0.277. The highest BCUT2D eigenvalue weighted by Crippen LogP contribution is 2.27. The Balaban J connectivity index is 2.22. The lowest BCUT2D eigenvalue weighted by atomic mass is 9.89. The average molecular weight is 614 g/mol. The maximum absolute atomic E-state index is 13.1. The van der Waals surface area contributed by atoms with Gasteiger partial charge in [0, 0.05) is 18.9 Å². The molecule has 1 aliphatic rings. The summed E-state index contributed by atoms with van der Waals surface area (Å²) in [6.07, 6.45) is 21.6. The summed E-state index contributed by atoms with van der Waals surface area (Å²) >= 11 is 0. The Labute approximate surface area is 263 Å². The van der Waals surface area contributed by atoms with Gasteiger partial charge in [0.1, 0.15) is 11.9 Å². The van der Waals surface area contributed by atoms with Crippen LogP contribution in [0.25, 0.3) is 0 Å². The number of carbonyl (C=O) groups is 2. The van der Waals surface area contributed by atoms with E-state index in [-0.39, 0.29) is 31.8 Å². The summed E-state index contributed by atoms with van der Waals surface area (Å²) in [5.41, 5.74) is 0. The quantitative estimate of drug-likeness (QED) is 0.0568. The molecule has 1 saturated heterocycles. The number of aliphatic hydroxyl groups excluding tert-OH is 3. The van der Waals surface area contributed by atoms with Crippen molar-refractivity contribution in [3.8, 4) is 0 Å². The highest BCUT2D eigenvalue weighted by atomic mass is 16.7. The smallest absolute Gasteiger partial charge is 0.227 e. The van der Waals surface area contributed by atoms with Crippen LogP contribution in [0.4, 0.5) is 0 Å². The minimum atomic E-state index is -0.979. The van der Waals surface area contributed by atoms with E-state index in [1.54, 1.807) is 13.8 Å². The lowest BCUT2D eigenvalue weighted by Gasteiger charge is -2.37. The first-order valence-electron chi connectivity index (χ1n) is 17.9. The molecule has 8 heteroatoms. The van der Waals surface area contributed by atoms with Gasteiger partial charge < -0.3 is 30.1 Å². The van der Waals surface area contributed by atoms with E-state index in [1.807, 2.05) is 0 Å². The second-order valence-electron chi connectivity index (χ2n) is 12.9. The number of ether oxygens (including phenoxy) is 2. The Hall–Kier alpha value is -1.06. The second kappa shape index (κ2) is 26.2. The largest absolute Gasteiger partial charge is 0.395 e. The molecule has 0 aromatic carbocycles. The van der Waals surface area contributed by atoms with Gasteiger partial charge in [-0.25, -0.2) is 0 Å². The van der Waals surface area contributed by atoms with Crippen LogP contribution in [0.5, 0.6) is 0 Å². The number of rotatable bonds is 28. The van der Waals surface area contributed by atoms with Crippen LogP contribution >= 0.6 is 0 Å². The molecule has 0 aromatic rings. The lowest BCUT2D eigenvalue weighted by Crippen LogP contribution is -2.49. The molecule has 1 rings (SSSR count). The molecule has 1 aliphatic heterocycles. The minimum absolute atomic E-state index is 0.116. The van der Waals surface area contributed by atoms with Gasteiger partial charge in [0.05, 0.1) is 31.3 Å². The van der Waals surface area contributed by atoms with Crippen molar-refractivity contribution in [2.75, 3.05) is 13.2 Å². The molecule has 8 nitrogen and oxygen atoms in total. The average Bonchev–Trinajstić information content (AvgIpc) is 2.97. The third kappa shape index (κ3) is 19.8. The highest BCUT2D eigenvalue weighted by Gasteiger charge is 2.37. The molecule has 4 N–H and O–H groups in total. The van der Waals surface area contributed by atoms with Crippen LogP contribution < -0.4 is 5.32 Å². The molecule has 254 valence electrons. The van der Waals surface area contributed by atoms with Crippen LogP contribution in [-0.4, -0.2) is 70.9 Å². The van der Waals surface area contributed by atoms with Gasteiger partial charge in [-0.05, 0) is 20.3 Å². The maximum Gasteiger partial charge on any atom is 0.227 e. The van der Waals surface area contributed by atoms with Gasteiger partial charge in [-0.2, -0.15) is 0 Å². The van der Waals surface area contributed by atoms with E-state index in [2.05, 4.69) is 12.2 Å². The van der Waals surface area contributed by atoms with Gasteiger partial charge in [0.2, 0.25) is 5.91 Å². The topological polar surface area (TPSA) is 125 Å². The Morgan fingerprint density at radius 2 is 1.26 bits per heavy atom. The zero-order chi connectivity index (χ0) is 31.7. The van der Waals surface area contributed by atoms with Crippen molar-refractivity contribution in [3.05, 3.63) is 0 Å². The first-order chi connectivity index (χ1) is 20.8. The fourth-order valence-corrected chi connectivity index (χ4v) is 6.02. The molecule has 3 unspecified atom stereocenters. The standard InChI is InChI=1S/C35H67NO7/c1-4-5-6-7-8-9-10-11-12-13-14-15-16-17-18-19-20-21-22-23-30(32(39)27-34(41)36-24-25-37)28(2)42-35-33(40)26-31(38)29(3)43-35/h28-31,33,35,37-38,40H,4-27H2,1-3H3,(H,36,41)/t28-,29?,30?,31-,33?,35-/m1/s1. The summed E-state index contributed by atoms with van der Waals surface area (Å²) in [4.78, 5) is 25.2. The summed E-state index contributed by atoms with van der Waals surface area (Å²) in [6.45, 7) is 5.73. The molecule has 0 bridgehead atoms. The van der Waals surface area contributed by atoms with Gasteiger partial charge in [-0.1, -0.05) is 129 Å². The molecular formula is C35H67NO7. The molecule has 43 heavy (non-hydrogen) atoms. The van der Waals surface area contributed by atoms with E-state index in [4.69, 9.17) is 14.6 Å². The molecule has 1 amide bonds.